The summed E-state index contributed by atoms with van der Waals surface area (Å²) < 4.78 is 1.29. The lowest BCUT2D eigenvalue weighted by Gasteiger charge is -2.26. The second kappa shape index (κ2) is 5.39. The van der Waals surface area contributed by atoms with Crippen molar-refractivity contribution in [3.8, 4) is 0 Å². The second-order valence-electron chi connectivity index (χ2n) is 4.31. The first-order chi connectivity index (χ1) is 8.58. The number of hydrogen-bond donors (Lipinski definition) is 1. The molecule has 1 N–H and O–H groups in total. The summed E-state index contributed by atoms with van der Waals surface area (Å²) in [6.45, 7) is 1.43. The quantitative estimate of drug-likeness (QED) is 0.840. The summed E-state index contributed by atoms with van der Waals surface area (Å²) in [5.74, 6) is -0.0272. The highest BCUT2D eigenvalue weighted by Gasteiger charge is 2.18. The van der Waals surface area contributed by atoms with Crippen molar-refractivity contribution in [2.24, 2.45) is 7.05 Å². The molecule has 1 saturated heterocycles. The molecular formula is C11H15ClN4O2. The van der Waals surface area contributed by atoms with Crippen molar-refractivity contribution >= 4 is 23.4 Å². The van der Waals surface area contributed by atoms with Crippen LogP contribution in [0.5, 0.6) is 0 Å². The number of amides is 2. The van der Waals surface area contributed by atoms with Crippen molar-refractivity contribution in [1.82, 2.24) is 14.5 Å². The third-order valence-electron chi connectivity index (χ3n) is 2.91. The molecule has 0 unspecified atom stereocenters. The smallest absolute Gasteiger partial charge is 0.323 e. The van der Waals surface area contributed by atoms with Gasteiger partial charge in [-0.1, -0.05) is 11.6 Å². The first kappa shape index (κ1) is 12.9. The molecule has 0 aliphatic carbocycles. The largest absolute Gasteiger partial charge is 0.324 e. The van der Waals surface area contributed by atoms with Gasteiger partial charge in [-0.2, -0.15) is 0 Å². The number of urea groups is 1. The summed E-state index contributed by atoms with van der Waals surface area (Å²) in [6, 6.07) is -0.290. The summed E-state index contributed by atoms with van der Waals surface area (Å²) in [5.41, 5.74) is -0.371. The van der Waals surface area contributed by atoms with Gasteiger partial charge in [-0.25, -0.2) is 9.78 Å². The van der Waals surface area contributed by atoms with Gasteiger partial charge < -0.3 is 9.47 Å². The van der Waals surface area contributed by atoms with Gasteiger partial charge in [0.1, 0.15) is 5.15 Å². The lowest BCUT2D eigenvalue weighted by atomic mass is 10.1. The second-order valence-corrected chi connectivity index (χ2v) is 4.69. The highest BCUT2D eigenvalue weighted by Crippen LogP contribution is 2.10. The van der Waals surface area contributed by atoms with Gasteiger partial charge in [0.15, 0.2) is 0 Å². The van der Waals surface area contributed by atoms with Gasteiger partial charge in [0.25, 0.3) is 5.56 Å². The van der Waals surface area contributed by atoms with Crippen LogP contribution in [-0.4, -0.2) is 33.6 Å². The Morgan fingerprint density at radius 2 is 2.06 bits per heavy atom. The maximum atomic E-state index is 11.9. The number of piperidine rings is 1. The van der Waals surface area contributed by atoms with E-state index in [1.54, 1.807) is 11.9 Å². The minimum atomic E-state index is -0.371. The maximum Gasteiger partial charge on any atom is 0.323 e. The van der Waals surface area contributed by atoms with Crippen LogP contribution in [0.1, 0.15) is 19.3 Å². The van der Waals surface area contributed by atoms with Crippen LogP contribution in [0.3, 0.4) is 0 Å². The molecule has 1 aromatic heterocycles. The zero-order chi connectivity index (χ0) is 13.1. The normalized spacial score (nSPS) is 15.6. The van der Waals surface area contributed by atoms with Crippen LogP contribution in [0.15, 0.2) is 11.0 Å². The number of nitrogens with zero attached hydrogens (tertiary/aromatic N) is 3. The van der Waals surface area contributed by atoms with Crippen molar-refractivity contribution in [2.45, 2.75) is 19.3 Å². The molecule has 0 aromatic carbocycles. The highest BCUT2D eigenvalue weighted by atomic mass is 35.5. The van der Waals surface area contributed by atoms with Crippen molar-refractivity contribution < 1.29 is 4.79 Å². The van der Waals surface area contributed by atoms with Crippen LogP contribution in [0, 0.1) is 0 Å². The maximum absolute atomic E-state index is 11.9. The summed E-state index contributed by atoms with van der Waals surface area (Å²) in [5, 5.41) is 2.69. The van der Waals surface area contributed by atoms with E-state index < -0.39 is 0 Å². The van der Waals surface area contributed by atoms with Crippen molar-refractivity contribution in [3.63, 3.8) is 0 Å². The predicted molar refractivity (Wildman–Crippen MR) is 68.9 cm³/mol. The Labute approximate surface area is 110 Å². The topological polar surface area (TPSA) is 67.2 Å². The minimum absolute atomic E-state index is 0.0272. The molecule has 7 heteroatoms. The van der Waals surface area contributed by atoms with Crippen LogP contribution in [0.25, 0.3) is 0 Å². The molecular weight excluding hydrogens is 256 g/mol. The van der Waals surface area contributed by atoms with E-state index in [1.165, 1.54) is 10.8 Å². The highest BCUT2D eigenvalue weighted by molar-refractivity contribution is 6.29. The Bertz CT molecular complexity index is 508. The first-order valence-electron chi connectivity index (χ1n) is 5.87. The van der Waals surface area contributed by atoms with E-state index in [9.17, 15) is 9.59 Å². The van der Waals surface area contributed by atoms with Gasteiger partial charge in [-0.3, -0.25) is 10.1 Å². The molecule has 1 aliphatic rings. The summed E-state index contributed by atoms with van der Waals surface area (Å²) in [6.07, 6.45) is 4.53. The zero-order valence-electron chi connectivity index (χ0n) is 10.1. The third kappa shape index (κ3) is 2.81. The first-order valence-corrected chi connectivity index (χ1v) is 6.25. The monoisotopic (exact) mass is 270 g/mol. The van der Waals surface area contributed by atoms with Crippen molar-refractivity contribution in [3.05, 3.63) is 21.7 Å². The average molecular weight is 271 g/mol. The van der Waals surface area contributed by atoms with Gasteiger partial charge in [-0.05, 0) is 19.3 Å². The number of hydrogen-bond acceptors (Lipinski definition) is 3. The van der Waals surface area contributed by atoms with Crippen LogP contribution < -0.4 is 10.9 Å². The summed E-state index contributed by atoms with van der Waals surface area (Å²) >= 11 is 5.76. The summed E-state index contributed by atoms with van der Waals surface area (Å²) in [4.78, 5) is 29.2. The Balaban J connectivity index is 2.13. The molecule has 98 valence electrons. The molecule has 1 aromatic rings. The molecule has 2 heterocycles. The fourth-order valence-electron chi connectivity index (χ4n) is 1.93. The Hall–Kier alpha value is -1.56. The molecule has 0 spiro atoms. The van der Waals surface area contributed by atoms with E-state index in [4.69, 9.17) is 11.6 Å². The van der Waals surface area contributed by atoms with Gasteiger partial charge in [0, 0.05) is 26.3 Å². The number of aromatic nitrogens is 2. The van der Waals surface area contributed by atoms with Crippen LogP contribution in [0.2, 0.25) is 5.15 Å². The molecule has 6 nitrogen and oxygen atoms in total. The molecule has 0 radical (unpaired) electrons. The van der Waals surface area contributed by atoms with Gasteiger partial charge in [0.05, 0.1) is 0 Å². The fourth-order valence-corrected chi connectivity index (χ4v) is 2.16. The van der Waals surface area contributed by atoms with E-state index in [1.807, 2.05) is 0 Å². The van der Waals surface area contributed by atoms with Gasteiger partial charge >= 0.3 is 6.03 Å². The number of carbonyl (C=O) groups is 1. The number of nitrogens with one attached hydrogen (secondary N) is 1. The lowest BCUT2D eigenvalue weighted by molar-refractivity contribution is 0.200. The van der Waals surface area contributed by atoms with Crippen LogP contribution in [0.4, 0.5) is 10.6 Å². The fraction of sp³-hybridized carbons (Fsp3) is 0.545. The predicted octanol–water partition coefficient (Wildman–Crippen LogP) is 1.45. The molecule has 0 bridgehead atoms. The van der Waals surface area contributed by atoms with Gasteiger partial charge in [-0.15, -0.1) is 0 Å². The Morgan fingerprint density at radius 1 is 1.39 bits per heavy atom. The molecule has 18 heavy (non-hydrogen) atoms. The number of anilines is 1. The molecule has 2 rings (SSSR count). The van der Waals surface area contributed by atoms with Crippen LogP contribution >= 0.6 is 11.6 Å². The average Bonchev–Trinajstić information content (AvgIpc) is 2.36. The molecule has 0 saturated carbocycles. The third-order valence-corrected chi connectivity index (χ3v) is 3.09. The number of rotatable bonds is 1. The number of carbonyl (C=O) groups excluding carboxylic acids is 1. The van der Waals surface area contributed by atoms with Gasteiger partial charge in [0.2, 0.25) is 5.82 Å². The minimum Gasteiger partial charge on any atom is -0.324 e. The van der Waals surface area contributed by atoms with Crippen LogP contribution in [-0.2, 0) is 7.05 Å². The molecule has 2 amide bonds. The lowest BCUT2D eigenvalue weighted by Crippen LogP contribution is -2.40. The van der Waals surface area contributed by atoms with E-state index in [0.29, 0.717) is 13.1 Å². The van der Waals surface area contributed by atoms with E-state index in [-0.39, 0.29) is 22.6 Å². The van der Waals surface area contributed by atoms with E-state index in [2.05, 4.69) is 10.3 Å². The zero-order valence-corrected chi connectivity index (χ0v) is 10.9. The molecule has 1 aliphatic heterocycles. The van der Waals surface area contributed by atoms with E-state index >= 15 is 0 Å². The van der Waals surface area contributed by atoms with E-state index in [0.717, 1.165) is 19.3 Å². The number of likely N-dealkylation sites (tertiary alicyclic amines) is 1. The SMILES string of the molecule is Cn1cc(Cl)nc(NC(=O)N2CCCCC2)c1=O. The number of halogens is 1. The molecule has 1 fully saturated rings. The Kier molecular flexibility index (Phi) is 3.86. The molecule has 0 atom stereocenters. The van der Waals surface area contributed by atoms with Crippen molar-refractivity contribution in [2.75, 3.05) is 18.4 Å². The van der Waals surface area contributed by atoms with Crippen molar-refractivity contribution in [1.29, 1.82) is 0 Å². The standard InChI is InChI=1S/C11H15ClN4O2/c1-15-7-8(12)13-9(10(15)17)14-11(18)16-5-3-2-4-6-16/h7H,2-6H2,1H3,(H,13,14,18). The number of aryl methyl sites for hydroxylation is 1. The Morgan fingerprint density at radius 3 is 2.72 bits per heavy atom. The summed E-state index contributed by atoms with van der Waals surface area (Å²) in [7, 11) is 1.56.